The number of aryl methyl sites for hydroxylation is 2. The first-order chi connectivity index (χ1) is 13.6. The maximum atomic E-state index is 13.8. The van der Waals surface area contributed by atoms with Crippen LogP contribution < -0.4 is 5.32 Å². The number of rotatable bonds is 4. The average Bonchev–Trinajstić information content (AvgIpc) is 2.68. The summed E-state index contributed by atoms with van der Waals surface area (Å²) in [5.74, 6) is -5.48. The lowest BCUT2D eigenvalue weighted by Crippen LogP contribution is -2.46. The second-order valence-corrected chi connectivity index (χ2v) is 9.05. The summed E-state index contributed by atoms with van der Waals surface area (Å²) in [5, 5.41) is 2.57. The van der Waals surface area contributed by atoms with E-state index in [0.717, 1.165) is 11.6 Å². The van der Waals surface area contributed by atoms with Crippen LogP contribution in [0, 0.1) is 31.3 Å². The molecule has 156 valence electrons. The number of benzene rings is 2. The number of carbonyl (C=O) groups is 1. The van der Waals surface area contributed by atoms with Crippen LogP contribution in [0.15, 0.2) is 35.2 Å². The number of carbonyl (C=O) groups excluding carboxylic acids is 1. The van der Waals surface area contributed by atoms with Crippen LogP contribution in [-0.4, -0.2) is 37.8 Å². The van der Waals surface area contributed by atoms with Crippen molar-refractivity contribution in [3.05, 3.63) is 64.5 Å². The highest BCUT2D eigenvalue weighted by atomic mass is 32.2. The van der Waals surface area contributed by atoms with E-state index in [-0.39, 0.29) is 18.0 Å². The average molecular weight is 426 g/mol. The molecular formula is C20H21F3N2O3S. The molecule has 1 amide bonds. The van der Waals surface area contributed by atoms with Crippen molar-refractivity contribution in [2.24, 2.45) is 0 Å². The van der Waals surface area contributed by atoms with Crippen molar-refractivity contribution in [3.8, 4) is 0 Å². The number of hydrogen-bond acceptors (Lipinski definition) is 3. The fraction of sp³-hybridized carbons (Fsp3) is 0.350. The predicted octanol–water partition coefficient (Wildman–Crippen LogP) is 3.30. The SMILES string of the molecule is Cc1ccc(C)c(S(=O)(=O)N2CCC(NC(=O)c3ccc(F)c(F)c3F)CC2)c1. The topological polar surface area (TPSA) is 66.5 Å². The molecular weight excluding hydrogens is 405 g/mol. The smallest absolute Gasteiger partial charge is 0.254 e. The monoisotopic (exact) mass is 426 g/mol. The van der Waals surface area contributed by atoms with Crippen molar-refractivity contribution < 1.29 is 26.4 Å². The van der Waals surface area contributed by atoms with Gasteiger partial charge in [-0.1, -0.05) is 12.1 Å². The van der Waals surface area contributed by atoms with Crippen molar-refractivity contribution in [3.63, 3.8) is 0 Å². The number of halogens is 3. The van der Waals surface area contributed by atoms with Crippen LogP contribution in [0.3, 0.4) is 0 Å². The summed E-state index contributed by atoms with van der Waals surface area (Å²) in [5.41, 5.74) is 0.902. The Morgan fingerprint density at radius 1 is 1.03 bits per heavy atom. The molecule has 3 rings (SSSR count). The van der Waals surface area contributed by atoms with Gasteiger partial charge in [0.05, 0.1) is 10.5 Å². The lowest BCUT2D eigenvalue weighted by molar-refractivity contribution is 0.0918. The Morgan fingerprint density at radius 3 is 2.34 bits per heavy atom. The number of hydrogen-bond donors (Lipinski definition) is 1. The molecule has 9 heteroatoms. The summed E-state index contributed by atoms with van der Waals surface area (Å²) < 4.78 is 67.4. The summed E-state index contributed by atoms with van der Waals surface area (Å²) in [6, 6.07) is 6.39. The summed E-state index contributed by atoms with van der Waals surface area (Å²) >= 11 is 0. The quantitative estimate of drug-likeness (QED) is 0.763. The van der Waals surface area contributed by atoms with Crippen LogP contribution in [0.2, 0.25) is 0 Å². The largest absolute Gasteiger partial charge is 0.349 e. The molecule has 0 saturated carbocycles. The highest BCUT2D eigenvalue weighted by Gasteiger charge is 2.31. The van der Waals surface area contributed by atoms with Gasteiger partial charge in [-0.05, 0) is 56.0 Å². The fourth-order valence-corrected chi connectivity index (χ4v) is 5.11. The Hall–Kier alpha value is -2.39. The Bertz CT molecular complexity index is 1050. The van der Waals surface area contributed by atoms with E-state index in [0.29, 0.717) is 24.5 Å². The Balaban J connectivity index is 1.67. The molecule has 1 fully saturated rings. The van der Waals surface area contributed by atoms with Gasteiger partial charge in [0.25, 0.3) is 5.91 Å². The molecule has 1 heterocycles. The van der Waals surface area contributed by atoms with Gasteiger partial charge >= 0.3 is 0 Å². The molecule has 0 radical (unpaired) electrons. The summed E-state index contributed by atoms with van der Waals surface area (Å²) in [4.78, 5) is 12.5. The number of sulfonamides is 1. The highest BCUT2D eigenvalue weighted by Crippen LogP contribution is 2.25. The van der Waals surface area contributed by atoms with E-state index in [1.807, 2.05) is 13.0 Å². The maximum absolute atomic E-state index is 13.8. The van der Waals surface area contributed by atoms with Crippen molar-refractivity contribution in [2.45, 2.75) is 37.6 Å². The van der Waals surface area contributed by atoms with Gasteiger partial charge in [-0.15, -0.1) is 0 Å². The highest BCUT2D eigenvalue weighted by molar-refractivity contribution is 7.89. The van der Waals surface area contributed by atoms with Gasteiger partial charge in [0.2, 0.25) is 10.0 Å². The molecule has 0 bridgehead atoms. The maximum Gasteiger partial charge on any atom is 0.254 e. The molecule has 0 unspecified atom stereocenters. The van der Waals surface area contributed by atoms with Crippen LogP contribution in [0.5, 0.6) is 0 Å². The number of nitrogens with one attached hydrogen (secondary N) is 1. The van der Waals surface area contributed by atoms with Gasteiger partial charge in [-0.25, -0.2) is 21.6 Å². The van der Waals surface area contributed by atoms with Gasteiger partial charge in [-0.3, -0.25) is 4.79 Å². The number of nitrogens with zero attached hydrogens (tertiary/aromatic N) is 1. The first-order valence-electron chi connectivity index (χ1n) is 9.13. The van der Waals surface area contributed by atoms with Crippen molar-refractivity contribution in [1.29, 1.82) is 0 Å². The standard InChI is InChI=1S/C20H21F3N2O3S/c1-12-3-4-13(2)17(11-12)29(27,28)25-9-7-14(8-10-25)24-20(26)15-5-6-16(21)19(23)18(15)22/h3-6,11,14H,7-10H2,1-2H3,(H,24,26). The number of piperidine rings is 1. The molecule has 2 aromatic carbocycles. The first kappa shape index (κ1) is 21.3. The molecule has 2 aromatic rings. The zero-order chi connectivity index (χ0) is 21.3. The third-order valence-corrected chi connectivity index (χ3v) is 7.07. The van der Waals surface area contributed by atoms with E-state index < -0.39 is 45.0 Å². The molecule has 1 saturated heterocycles. The van der Waals surface area contributed by atoms with Crippen LogP contribution in [0.4, 0.5) is 13.2 Å². The molecule has 0 aliphatic carbocycles. The predicted molar refractivity (Wildman–Crippen MR) is 101 cm³/mol. The molecule has 0 atom stereocenters. The van der Waals surface area contributed by atoms with E-state index in [4.69, 9.17) is 0 Å². The Kier molecular flexibility index (Phi) is 6.00. The Morgan fingerprint density at radius 2 is 1.69 bits per heavy atom. The lowest BCUT2D eigenvalue weighted by Gasteiger charge is -2.32. The lowest BCUT2D eigenvalue weighted by atomic mass is 10.1. The molecule has 1 aliphatic rings. The van der Waals surface area contributed by atoms with Crippen molar-refractivity contribution in [2.75, 3.05) is 13.1 Å². The molecule has 0 spiro atoms. The Labute approximate surface area is 167 Å². The summed E-state index contributed by atoms with van der Waals surface area (Å²) in [6.07, 6.45) is 0.641. The van der Waals surface area contributed by atoms with Crippen LogP contribution in [0.1, 0.15) is 34.3 Å². The third-order valence-electron chi connectivity index (χ3n) is 5.03. The molecule has 29 heavy (non-hydrogen) atoms. The van der Waals surface area contributed by atoms with Crippen LogP contribution in [0.25, 0.3) is 0 Å². The van der Waals surface area contributed by atoms with Gasteiger partial charge in [-0.2, -0.15) is 4.31 Å². The van der Waals surface area contributed by atoms with E-state index in [1.54, 1.807) is 19.1 Å². The summed E-state index contributed by atoms with van der Waals surface area (Å²) in [7, 11) is -3.67. The van der Waals surface area contributed by atoms with Gasteiger partial charge in [0.15, 0.2) is 17.5 Å². The second-order valence-electron chi connectivity index (χ2n) is 7.14. The van der Waals surface area contributed by atoms with E-state index in [2.05, 4.69) is 5.32 Å². The van der Waals surface area contributed by atoms with Crippen molar-refractivity contribution >= 4 is 15.9 Å². The minimum atomic E-state index is -3.67. The zero-order valence-electron chi connectivity index (χ0n) is 16.0. The van der Waals surface area contributed by atoms with Crippen LogP contribution >= 0.6 is 0 Å². The molecule has 1 aliphatic heterocycles. The minimum absolute atomic E-state index is 0.181. The zero-order valence-corrected chi connectivity index (χ0v) is 16.8. The second kappa shape index (κ2) is 8.16. The van der Waals surface area contributed by atoms with Gasteiger partial charge in [0.1, 0.15) is 0 Å². The summed E-state index contributed by atoms with van der Waals surface area (Å²) in [6.45, 7) is 3.91. The van der Waals surface area contributed by atoms with E-state index >= 15 is 0 Å². The van der Waals surface area contributed by atoms with Gasteiger partial charge in [0, 0.05) is 19.1 Å². The first-order valence-corrected chi connectivity index (χ1v) is 10.6. The van der Waals surface area contributed by atoms with Crippen molar-refractivity contribution in [1.82, 2.24) is 9.62 Å². The normalized spacial score (nSPS) is 16.0. The fourth-order valence-electron chi connectivity index (χ4n) is 3.33. The van der Waals surface area contributed by atoms with Crippen LogP contribution in [-0.2, 0) is 10.0 Å². The van der Waals surface area contributed by atoms with E-state index in [1.165, 1.54) is 4.31 Å². The van der Waals surface area contributed by atoms with E-state index in [9.17, 15) is 26.4 Å². The number of amides is 1. The molecule has 0 aromatic heterocycles. The molecule has 5 nitrogen and oxygen atoms in total. The minimum Gasteiger partial charge on any atom is -0.349 e. The van der Waals surface area contributed by atoms with Gasteiger partial charge < -0.3 is 5.32 Å². The molecule has 1 N–H and O–H groups in total. The third kappa shape index (κ3) is 4.30.